The van der Waals surface area contributed by atoms with Crippen molar-refractivity contribution in [2.75, 3.05) is 0 Å². The first kappa shape index (κ1) is 10.3. The van der Waals surface area contributed by atoms with Gasteiger partial charge in [-0.05, 0) is 49.9 Å². The zero-order chi connectivity index (χ0) is 10.3. The summed E-state index contributed by atoms with van der Waals surface area (Å²) in [5.41, 5.74) is 0. The highest BCUT2D eigenvalue weighted by atomic mass is 19.4. The van der Waals surface area contributed by atoms with Crippen LogP contribution in [-0.2, 0) is 0 Å². The van der Waals surface area contributed by atoms with Gasteiger partial charge >= 0.3 is 6.18 Å². The Kier molecular flexibility index (Phi) is 2.52. The van der Waals surface area contributed by atoms with Crippen LogP contribution >= 0.6 is 0 Å². The summed E-state index contributed by atoms with van der Waals surface area (Å²) in [6, 6.07) is 0. The average Bonchev–Trinajstić information content (AvgIpc) is 2.81. The van der Waals surface area contributed by atoms with Gasteiger partial charge in [0, 0.05) is 0 Å². The van der Waals surface area contributed by atoms with E-state index in [2.05, 4.69) is 6.92 Å². The van der Waals surface area contributed by atoms with Gasteiger partial charge in [0.05, 0.1) is 5.92 Å². The average molecular weight is 206 g/mol. The third-order valence-corrected chi connectivity index (χ3v) is 4.01. The molecule has 14 heavy (non-hydrogen) atoms. The molecule has 2 aliphatic carbocycles. The second-order valence-corrected chi connectivity index (χ2v) is 5.03. The Morgan fingerprint density at radius 3 is 1.86 bits per heavy atom. The molecule has 0 radical (unpaired) electrons. The quantitative estimate of drug-likeness (QED) is 0.608. The SMILES string of the molecule is CC1CC1C1CCC(C(F)(F)F)CC1. The summed E-state index contributed by atoms with van der Waals surface area (Å²) >= 11 is 0. The van der Waals surface area contributed by atoms with Gasteiger partial charge in [0.15, 0.2) is 0 Å². The minimum absolute atomic E-state index is 0.372. The maximum absolute atomic E-state index is 12.4. The highest BCUT2D eigenvalue weighted by molar-refractivity contribution is 4.91. The zero-order valence-electron chi connectivity index (χ0n) is 8.48. The van der Waals surface area contributed by atoms with Crippen LogP contribution in [0.3, 0.4) is 0 Å². The normalized spacial score (nSPS) is 43.7. The van der Waals surface area contributed by atoms with Crippen LogP contribution in [0.5, 0.6) is 0 Å². The minimum atomic E-state index is -3.94. The maximum Gasteiger partial charge on any atom is 0.391 e. The van der Waals surface area contributed by atoms with Gasteiger partial charge in [-0.3, -0.25) is 0 Å². The molecule has 0 aliphatic heterocycles. The molecule has 2 rings (SSSR count). The Bertz CT molecular complexity index is 201. The van der Waals surface area contributed by atoms with E-state index in [0.717, 1.165) is 24.7 Å². The topological polar surface area (TPSA) is 0 Å². The van der Waals surface area contributed by atoms with Crippen LogP contribution in [0, 0.1) is 23.7 Å². The molecule has 0 aromatic heterocycles. The number of hydrogen-bond donors (Lipinski definition) is 0. The van der Waals surface area contributed by atoms with E-state index in [9.17, 15) is 13.2 Å². The molecule has 0 spiro atoms. The summed E-state index contributed by atoms with van der Waals surface area (Å²) in [7, 11) is 0. The van der Waals surface area contributed by atoms with Crippen LogP contribution in [0.25, 0.3) is 0 Å². The van der Waals surface area contributed by atoms with Crippen molar-refractivity contribution in [3.8, 4) is 0 Å². The molecule has 0 saturated heterocycles. The molecule has 2 saturated carbocycles. The van der Waals surface area contributed by atoms with Gasteiger partial charge in [-0.2, -0.15) is 13.2 Å². The van der Waals surface area contributed by atoms with Gasteiger partial charge in [0.1, 0.15) is 0 Å². The van der Waals surface area contributed by atoms with E-state index < -0.39 is 12.1 Å². The first-order chi connectivity index (χ1) is 6.48. The largest absolute Gasteiger partial charge is 0.391 e. The fourth-order valence-electron chi connectivity index (χ4n) is 2.88. The molecule has 0 bridgehead atoms. The van der Waals surface area contributed by atoms with E-state index in [1.54, 1.807) is 0 Å². The van der Waals surface area contributed by atoms with Crippen molar-refractivity contribution < 1.29 is 13.2 Å². The Balaban J connectivity index is 1.81. The standard InChI is InChI=1S/C11H17F3/c1-7-6-10(7)8-2-4-9(5-3-8)11(12,13)14/h7-10H,2-6H2,1H3. The van der Waals surface area contributed by atoms with Crippen molar-refractivity contribution in [3.63, 3.8) is 0 Å². The van der Waals surface area contributed by atoms with E-state index >= 15 is 0 Å². The second kappa shape index (κ2) is 3.42. The fourth-order valence-corrected chi connectivity index (χ4v) is 2.88. The van der Waals surface area contributed by atoms with E-state index in [0.29, 0.717) is 18.8 Å². The molecule has 0 aromatic carbocycles. The van der Waals surface area contributed by atoms with Gasteiger partial charge in [0.2, 0.25) is 0 Å². The second-order valence-electron chi connectivity index (χ2n) is 5.03. The Morgan fingerprint density at radius 2 is 1.50 bits per heavy atom. The predicted octanol–water partition coefficient (Wildman–Crippen LogP) is 4.01. The van der Waals surface area contributed by atoms with Crippen LogP contribution in [0.4, 0.5) is 13.2 Å². The lowest BCUT2D eigenvalue weighted by molar-refractivity contribution is -0.184. The van der Waals surface area contributed by atoms with Gasteiger partial charge in [0.25, 0.3) is 0 Å². The first-order valence-corrected chi connectivity index (χ1v) is 5.55. The third-order valence-electron chi connectivity index (χ3n) is 4.01. The Labute approximate surface area is 82.9 Å². The molecule has 2 aliphatic rings. The van der Waals surface area contributed by atoms with Crippen LogP contribution in [0.15, 0.2) is 0 Å². The van der Waals surface area contributed by atoms with Gasteiger partial charge < -0.3 is 0 Å². The summed E-state index contributed by atoms with van der Waals surface area (Å²) in [6.45, 7) is 2.21. The van der Waals surface area contributed by atoms with Crippen molar-refractivity contribution in [1.29, 1.82) is 0 Å². The van der Waals surface area contributed by atoms with E-state index in [1.807, 2.05) is 0 Å². The van der Waals surface area contributed by atoms with Gasteiger partial charge in [-0.25, -0.2) is 0 Å². The van der Waals surface area contributed by atoms with E-state index in [4.69, 9.17) is 0 Å². The lowest BCUT2D eigenvalue weighted by atomic mass is 9.79. The lowest BCUT2D eigenvalue weighted by Gasteiger charge is -2.30. The lowest BCUT2D eigenvalue weighted by Crippen LogP contribution is -2.28. The highest BCUT2D eigenvalue weighted by Gasteiger charge is 2.46. The van der Waals surface area contributed by atoms with Crippen molar-refractivity contribution in [2.24, 2.45) is 23.7 Å². The van der Waals surface area contributed by atoms with Crippen molar-refractivity contribution in [1.82, 2.24) is 0 Å². The summed E-state index contributed by atoms with van der Waals surface area (Å²) in [4.78, 5) is 0. The molecule has 82 valence electrons. The van der Waals surface area contributed by atoms with Crippen molar-refractivity contribution in [3.05, 3.63) is 0 Å². The van der Waals surface area contributed by atoms with E-state index in [-0.39, 0.29) is 0 Å². The first-order valence-electron chi connectivity index (χ1n) is 5.55. The van der Waals surface area contributed by atoms with E-state index in [1.165, 1.54) is 6.42 Å². The molecule has 0 amide bonds. The summed E-state index contributed by atoms with van der Waals surface area (Å²) in [5.74, 6) is 1.13. The molecule has 0 heterocycles. The Morgan fingerprint density at radius 1 is 1.00 bits per heavy atom. The van der Waals surface area contributed by atoms with Crippen LogP contribution in [0.2, 0.25) is 0 Å². The molecule has 0 nitrogen and oxygen atoms in total. The number of alkyl halides is 3. The minimum Gasteiger partial charge on any atom is -0.171 e. The van der Waals surface area contributed by atoms with Gasteiger partial charge in [-0.15, -0.1) is 0 Å². The van der Waals surface area contributed by atoms with Crippen LogP contribution in [-0.4, -0.2) is 6.18 Å². The fraction of sp³-hybridized carbons (Fsp3) is 1.00. The molecule has 2 fully saturated rings. The van der Waals surface area contributed by atoms with Crippen LogP contribution < -0.4 is 0 Å². The number of rotatable bonds is 1. The smallest absolute Gasteiger partial charge is 0.171 e. The monoisotopic (exact) mass is 206 g/mol. The van der Waals surface area contributed by atoms with Crippen molar-refractivity contribution >= 4 is 0 Å². The summed E-state index contributed by atoms with van der Waals surface area (Å²) < 4.78 is 37.1. The summed E-state index contributed by atoms with van der Waals surface area (Å²) in [5, 5.41) is 0. The third kappa shape index (κ3) is 2.06. The van der Waals surface area contributed by atoms with Crippen molar-refractivity contribution in [2.45, 2.75) is 45.2 Å². The molecular weight excluding hydrogens is 189 g/mol. The maximum atomic E-state index is 12.4. The zero-order valence-corrected chi connectivity index (χ0v) is 8.48. The molecule has 2 unspecified atom stereocenters. The van der Waals surface area contributed by atoms with Gasteiger partial charge in [-0.1, -0.05) is 6.92 Å². The summed E-state index contributed by atoms with van der Waals surface area (Å²) in [6.07, 6.45) is -0.339. The number of hydrogen-bond acceptors (Lipinski definition) is 0. The molecule has 0 N–H and O–H groups in total. The highest BCUT2D eigenvalue weighted by Crippen LogP contribution is 2.51. The molecule has 2 atom stereocenters. The predicted molar refractivity (Wildman–Crippen MR) is 48.8 cm³/mol. The van der Waals surface area contributed by atoms with Crippen LogP contribution in [0.1, 0.15) is 39.0 Å². The number of halogens is 3. The molecular formula is C11H17F3. The molecule has 3 heteroatoms. The Hall–Kier alpha value is -0.210. The molecule has 0 aromatic rings.